The second kappa shape index (κ2) is 48.9. The van der Waals surface area contributed by atoms with E-state index in [0.29, 0.717) is 18.8 Å². The van der Waals surface area contributed by atoms with Gasteiger partial charge in [0, 0.05) is 33.8 Å². The Balaban J connectivity index is -0.0000000523. The minimum atomic E-state index is -1.05. The van der Waals surface area contributed by atoms with Gasteiger partial charge in [0.2, 0.25) is 16.9 Å². The topological polar surface area (TPSA) is 219 Å². The third-order valence-corrected chi connectivity index (χ3v) is 6.36. The number of aliphatic hydroxyl groups excluding tert-OH is 1. The fourth-order valence-corrected chi connectivity index (χ4v) is 4.06. The number of methoxy groups -OCH3 is 2. The third kappa shape index (κ3) is 41.0. The maximum Gasteiger partial charge on any atom is 2.00 e. The Kier molecular flexibility index (Phi) is 72.8. The number of hydrogen-bond acceptors (Lipinski definition) is 16. The first-order chi connectivity index (χ1) is 21.1. The van der Waals surface area contributed by atoms with Crippen LogP contribution in [0.2, 0.25) is 0 Å². The SMILES string of the molecule is C.C.C.C.C.C.C.C.CC(=O)NC1CCSC1=O.CC1OC(=O)C(C)OC1=O.COCCO.COCCOC(=O)C(C)OC(=O)C(CCS)NC(C)=O.[Sn+2]. The van der Waals surface area contributed by atoms with E-state index in [0.717, 1.165) is 12.2 Å². The van der Waals surface area contributed by atoms with Gasteiger partial charge in [-0.05, 0) is 39.4 Å². The van der Waals surface area contributed by atoms with Crippen LogP contribution >= 0.6 is 24.4 Å². The molecule has 0 spiro atoms. The van der Waals surface area contributed by atoms with Crippen LogP contribution in [0.4, 0.5) is 0 Å². The molecule has 2 amide bonds. The number of amides is 2. The molecule has 3 N–H and O–H groups in total. The molecular formula is C35H78N2O14S2Sn+2. The zero-order valence-corrected chi connectivity index (χ0v) is 31.7. The molecule has 2 saturated heterocycles. The number of carbonyl (C=O) groups is 7. The van der Waals surface area contributed by atoms with E-state index in [-0.39, 0.29) is 126 Å². The fourth-order valence-electron chi connectivity index (χ4n) is 2.87. The van der Waals surface area contributed by atoms with Gasteiger partial charge in [0.1, 0.15) is 12.6 Å². The Labute approximate surface area is 354 Å². The molecule has 326 valence electrons. The molecule has 2 heterocycles. The first-order valence-electron chi connectivity index (χ1n) is 13.8. The number of nitrogens with one attached hydrogen (secondary N) is 2. The summed E-state index contributed by atoms with van der Waals surface area (Å²) in [6.45, 7) is 7.99. The van der Waals surface area contributed by atoms with Gasteiger partial charge in [0.25, 0.3) is 0 Å². The number of aliphatic hydroxyl groups is 1. The number of thioether (sulfide) groups is 1. The molecule has 0 aromatic rings. The van der Waals surface area contributed by atoms with E-state index >= 15 is 0 Å². The van der Waals surface area contributed by atoms with E-state index in [1.165, 1.54) is 53.5 Å². The van der Waals surface area contributed by atoms with Gasteiger partial charge in [0.05, 0.1) is 25.9 Å². The number of esters is 4. The molecular weight excluding hydrogens is 855 g/mol. The van der Waals surface area contributed by atoms with Gasteiger partial charge in [-0.2, -0.15) is 12.6 Å². The van der Waals surface area contributed by atoms with Crippen molar-refractivity contribution < 1.29 is 67.1 Å². The van der Waals surface area contributed by atoms with Crippen molar-refractivity contribution in [3.8, 4) is 0 Å². The smallest absolute Gasteiger partial charge is 0.461 e. The number of hydrogen-bond donors (Lipinski definition) is 4. The van der Waals surface area contributed by atoms with Gasteiger partial charge in [-0.15, -0.1) is 0 Å². The van der Waals surface area contributed by atoms with Crippen LogP contribution in [0.25, 0.3) is 0 Å². The summed E-state index contributed by atoms with van der Waals surface area (Å²) in [5.74, 6) is -1.56. The van der Waals surface area contributed by atoms with Crippen molar-refractivity contribution in [1.82, 2.24) is 10.6 Å². The van der Waals surface area contributed by atoms with Gasteiger partial charge in [0.15, 0.2) is 18.3 Å². The van der Waals surface area contributed by atoms with Crippen molar-refractivity contribution in [2.45, 2.75) is 137 Å². The fraction of sp³-hybridized carbons (Fsp3) is 0.800. The number of rotatable bonds is 12. The molecule has 2 aliphatic rings. The van der Waals surface area contributed by atoms with Gasteiger partial charge < -0.3 is 44.2 Å². The molecule has 5 atom stereocenters. The van der Waals surface area contributed by atoms with E-state index < -0.39 is 48.2 Å². The molecule has 0 saturated carbocycles. The van der Waals surface area contributed by atoms with Crippen LogP contribution in [0.5, 0.6) is 0 Å². The van der Waals surface area contributed by atoms with Crippen LogP contribution < -0.4 is 10.6 Å². The molecule has 16 nitrogen and oxygen atoms in total. The molecule has 2 aliphatic heterocycles. The van der Waals surface area contributed by atoms with E-state index in [9.17, 15) is 33.6 Å². The first-order valence-corrected chi connectivity index (χ1v) is 15.4. The molecule has 54 heavy (non-hydrogen) atoms. The standard InChI is InChI=1S/C12H21NO6S.C6H9NO2S.C6H8O4.C3H8O2.8CH4.Sn/c1-8(11(15)18-6-5-17-3)19-12(16)10(4-7-20)13-9(2)14;1-4(8)7-5-2-3-10-6(5)9;1-3-5(7)10-4(2)6(8)9-3;1-5-3-2-4;;;;;;;;;/h8,10,20H,4-7H2,1-3H3,(H,13,14);5H,2-3H2,1H3,(H,7,8);3-4H,1-2H3;4H,2-3H2,1H3;8*1H4;/q;;;;;;;;;;;;+2. The van der Waals surface area contributed by atoms with Crippen LogP contribution in [0.1, 0.15) is 107 Å². The molecule has 2 rings (SSSR count). The maximum atomic E-state index is 11.8. The Morgan fingerprint density at radius 2 is 1.30 bits per heavy atom. The predicted octanol–water partition coefficient (Wildman–Crippen LogP) is 4.28. The first kappa shape index (κ1) is 80.4. The van der Waals surface area contributed by atoms with Crippen molar-refractivity contribution in [3.05, 3.63) is 0 Å². The predicted molar refractivity (Wildman–Crippen MR) is 224 cm³/mol. The Bertz CT molecular complexity index is 943. The Hall–Kier alpha value is -2.13. The summed E-state index contributed by atoms with van der Waals surface area (Å²) >= 11 is 5.29. The van der Waals surface area contributed by atoms with Crippen LogP contribution in [0, 0.1) is 0 Å². The molecule has 0 aliphatic carbocycles. The van der Waals surface area contributed by atoms with E-state index in [1.807, 2.05) is 0 Å². The monoisotopic (exact) mass is 934 g/mol. The summed E-state index contributed by atoms with van der Waals surface area (Å²) < 4.78 is 28.1. The van der Waals surface area contributed by atoms with Gasteiger partial charge in [-0.3, -0.25) is 14.4 Å². The van der Waals surface area contributed by atoms with Gasteiger partial charge in [-0.1, -0.05) is 71.2 Å². The largest absolute Gasteiger partial charge is 2.00 e. The number of cyclic esters (lactones) is 2. The minimum absolute atomic E-state index is 0. The molecule has 19 heteroatoms. The zero-order chi connectivity index (χ0) is 34.9. The van der Waals surface area contributed by atoms with Gasteiger partial charge >= 0.3 is 47.8 Å². The Morgan fingerprint density at radius 3 is 1.61 bits per heavy atom. The van der Waals surface area contributed by atoms with Crippen molar-refractivity contribution in [1.29, 1.82) is 0 Å². The summed E-state index contributed by atoms with van der Waals surface area (Å²) in [7, 11) is 3.03. The van der Waals surface area contributed by atoms with Crippen molar-refractivity contribution in [2.24, 2.45) is 0 Å². The number of ether oxygens (including phenoxy) is 6. The van der Waals surface area contributed by atoms with Crippen LogP contribution in [-0.4, -0.2) is 152 Å². The summed E-state index contributed by atoms with van der Waals surface area (Å²) in [5, 5.41) is 13.1. The van der Waals surface area contributed by atoms with Crippen LogP contribution in [0.3, 0.4) is 0 Å². The summed E-state index contributed by atoms with van der Waals surface area (Å²) in [5.41, 5.74) is 0. The van der Waals surface area contributed by atoms with Crippen molar-refractivity contribution in [3.63, 3.8) is 0 Å². The summed E-state index contributed by atoms with van der Waals surface area (Å²) in [6, 6.07) is -1.04. The number of thiol groups is 1. The van der Waals surface area contributed by atoms with Crippen molar-refractivity contribution in [2.75, 3.05) is 52.2 Å². The summed E-state index contributed by atoms with van der Waals surface area (Å²) in [4.78, 5) is 76.9. The van der Waals surface area contributed by atoms with Gasteiger partial charge in [-0.25, -0.2) is 19.2 Å². The molecule has 2 fully saturated rings. The van der Waals surface area contributed by atoms with E-state index in [2.05, 4.69) is 37.5 Å². The van der Waals surface area contributed by atoms with Crippen molar-refractivity contribution >= 4 is 89.1 Å². The average molecular weight is 934 g/mol. The minimum Gasteiger partial charge on any atom is -0.461 e. The second-order valence-electron chi connectivity index (χ2n) is 9.09. The van der Waals surface area contributed by atoms with Crippen LogP contribution in [0.15, 0.2) is 0 Å². The molecule has 2 radical (unpaired) electrons. The third-order valence-electron chi connectivity index (χ3n) is 5.09. The quantitative estimate of drug-likeness (QED) is 0.0706. The molecule has 0 bridgehead atoms. The average Bonchev–Trinajstić information content (AvgIpc) is 3.36. The molecule has 5 unspecified atom stereocenters. The number of carbonyl (C=O) groups excluding carboxylic acids is 7. The normalized spacial score (nSPS) is 16.4. The summed E-state index contributed by atoms with van der Waals surface area (Å²) in [6.07, 6.45) is -1.45. The van der Waals surface area contributed by atoms with E-state index in [4.69, 9.17) is 19.3 Å². The molecule has 0 aromatic heterocycles. The maximum absolute atomic E-state index is 11.8. The van der Waals surface area contributed by atoms with E-state index in [1.54, 1.807) is 7.11 Å². The zero-order valence-electron chi connectivity index (χ0n) is 27.2. The Morgan fingerprint density at radius 1 is 0.833 bits per heavy atom. The van der Waals surface area contributed by atoms with Crippen LogP contribution in [-0.2, 0) is 62.0 Å². The molecule has 0 aromatic carbocycles. The second-order valence-corrected chi connectivity index (χ2v) is 10.6.